The van der Waals surface area contributed by atoms with Crippen molar-refractivity contribution < 1.29 is 19.2 Å². The topological polar surface area (TPSA) is 109 Å². The van der Waals surface area contributed by atoms with E-state index in [1.807, 2.05) is 80.1 Å². The molecule has 3 unspecified atom stereocenters. The number of hydrogen-bond acceptors (Lipinski definition) is 7. The molecule has 0 aliphatic carbocycles. The van der Waals surface area contributed by atoms with Crippen molar-refractivity contribution in [1.29, 1.82) is 0 Å². The second kappa shape index (κ2) is 10.4. The Bertz CT molecular complexity index is 1200. The number of aliphatic hydroxyl groups is 1. The highest BCUT2D eigenvalue weighted by Crippen LogP contribution is 2.38. The highest BCUT2D eigenvalue weighted by molar-refractivity contribution is 14.1. The van der Waals surface area contributed by atoms with Crippen LogP contribution in [0.2, 0.25) is 0 Å². The second-order valence-corrected chi connectivity index (χ2v) is 11.9. The Hall–Kier alpha value is -2.31. The van der Waals surface area contributed by atoms with Gasteiger partial charge in [0.15, 0.2) is 5.76 Å². The van der Waals surface area contributed by atoms with E-state index in [-0.39, 0.29) is 24.8 Å². The highest BCUT2D eigenvalue weighted by Gasteiger charge is 2.45. The van der Waals surface area contributed by atoms with Gasteiger partial charge in [-0.05, 0) is 46.1 Å². The number of likely N-dealkylation sites (tertiary alicyclic amines) is 1. The van der Waals surface area contributed by atoms with E-state index in [1.165, 1.54) is 4.90 Å². The van der Waals surface area contributed by atoms with E-state index in [1.54, 1.807) is 17.4 Å². The monoisotopic (exact) mass is 608 g/mol. The maximum atomic E-state index is 13.7. The normalized spacial score (nSPS) is 19.1. The SMILES string of the molecule is Cc1ncsc1-c1ccc(CNC(=O)C2CC(O)CN2C(=O)C(c2cc(I)no2)C(C)(C)C)cc1. The molecule has 2 aromatic heterocycles. The number of aromatic nitrogens is 2. The van der Waals surface area contributed by atoms with Gasteiger partial charge in [0.2, 0.25) is 11.8 Å². The molecule has 186 valence electrons. The number of benzene rings is 1. The molecule has 1 saturated heterocycles. The van der Waals surface area contributed by atoms with E-state index in [2.05, 4.69) is 15.5 Å². The van der Waals surface area contributed by atoms with E-state index >= 15 is 0 Å². The highest BCUT2D eigenvalue weighted by atomic mass is 127. The lowest BCUT2D eigenvalue weighted by Gasteiger charge is -2.33. The first kappa shape index (κ1) is 25.8. The number of β-amino-alcohol motifs (C(OH)–C–C–N with tert-alkyl or cyclic N) is 1. The molecule has 8 nitrogen and oxygen atoms in total. The van der Waals surface area contributed by atoms with E-state index in [9.17, 15) is 14.7 Å². The summed E-state index contributed by atoms with van der Waals surface area (Å²) in [5, 5.41) is 17.2. The molecule has 2 amide bonds. The van der Waals surface area contributed by atoms with Crippen LogP contribution >= 0.6 is 33.9 Å². The van der Waals surface area contributed by atoms with E-state index < -0.39 is 23.5 Å². The molecule has 2 N–H and O–H groups in total. The molecule has 10 heteroatoms. The molecule has 0 saturated carbocycles. The molecule has 0 radical (unpaired) electrons. The van der Waals surface area contributed by atoms with Gasteiger partial charge in [0.05, 0.1) is 22.2 Å². The summed E-state index contributed by atoms with van der Waals surface area (Å²) in [7, 11) is 0. The lowest BCUT2D eigenvalue weighted by Crippen LogP contribution is -2.49. The zero-order valence-corrected chi connectivity index (χ0v) is 23.1. The summed E-state index contributed by atoms with van der Waals surface area (Å²) in [4.78, 5) is 33.7. The van der Waals surface area contributed by atoms with Crippen LogP contribution in [0.3, 0.4) is 0 Å². The molecule has 3 heterocycles. The van der Waals surface area contributed by atoms with Gasteiger partial charge >= 0.3 is 0 Å². The van der Waals surface area contributed by atoms with Gasteiger partial charge in [-0.15, -0.1) is 11.3 Å². The maximum Gasteiger partial charge on any atom is 0.243 e. The molecule has 3 atom stereocenters. The summed E-state index contributed by atoms with van der Waals surface area (Å²) in [6.45, 7) is 8.27. The fraction of sp³-hybridized carbons (Fsp3) is 0.440. The zero-order valence-electron chi connectivity index (χ0n) is 20.1. The Morgan fingerprint density at radius 3 is 2.60 bits per heavy atom. The fourth-order valence-electron chi connectivity index (χ4n) is 4.45. The van der Waals surface area contributed by atoms with Gasteiger partial charge < -0.3 is 19.8 Å². The molecule has 0 bridgehead atoms. The number of nitrogens with one attached hydrogen (secondary N) is 1. The van der Waals surface area contributed by atoms with Crippen molar-refractivity contribution >= 4 is 45.7 Å². The fourth-order valence-corrected chi connectivity index (χ4v) is 5.67. The summed E-state index contributed by atoms with van der Waals surface area (Å²) in [6, 6.07) is 8.98. The minimum atomic E-state index is -0.757. The number of carbonyl (C=O) groups is 2. The third-order valence-corrected chi connectivity index (χ3v) is 7.68. The number of carbonyl (C=O) groups excluding carboxylic acids is 2. The Kier molecular flexibility index (Phi) is 7.62. The molecule has 1 aliphatic heterocycles. The first-order valence-electron chi connectivity index (χ1n) is 11.4. The van der Waals surface area contributed by atoms with Crippen molar-refractivity contribution in [1.82, 2.24) is 20.4 Å². The van der Waals surface area contributed by atoms with E-state index in [0.717, 1.165) is 21.7 Å². The van der Waals surface area contributed by atoms with Crippen molar-refractivity contribution in [2.45, 2.75) is 58.7 Å². The number of hydrogen-bond donors (Lipinski definition) is 2. The molecular formula is C25H29IN4O4S. The second-order valence-electron chi connectivity index (χ2n) is 9.93. The molecule has 3 aromatic rings. The van der Waals surface area contributed by atoms with Gasteiger partial charge in [0, 0.05) is 25.6 Å². The van der Waals surface area contributed by atoms with Crippen LogP contribution in [-0.2, 0) is 16.1 Å². The van der Waals surface area contributed by atoms with Crippen LogP contribution in [-0.4, -0.2) is 50.7 Å². The predicted octanol–water partition coefficient (Wildman–Crippen LogP) is 4.12. The summed E-state index contributed by atoms with van der Waals surface area (Å²) in [5.74, 6) is -0.686. The summed E-state index contributed by atoms with van der Waals surface area (Å²) < 4.78 is 6.09. The average molecular weight is 609 g/mol. The summed E-state index contributed by atoms with van der Waals surface area (Å²) >= 11 is 3.64. The smallest absolute Gasteiger partial charge is 0.243 e. The van der Waals surface area contributed by atoms with Crippen LogP contribution in [0.5, 0.6) is 0 Å². The quantitative estimate of drug-likeness (QED) is 0.408. The molecule has 0 spiro atoms. The maximum absolute atomic E-state index is 13.7. The van der Waals surface area contributed by atoms with E-state index in [4.69, 9.17) is 4.52 Å². The standard InChI is InChI=1S/C25H29IN4O4S/c1-14-22(35-13-28-14)16-7-5-15(6-8-16)11-27-23(32)18-9-17(31)12-30(18)24(33)21(25(2,3)4)19-10-20(26)29-34-19/h5-8,10,13,17-18,21,31H,9,11-12H2,1-4H3,(H,27,32). The number of aliphatic hydroxyl groups excluding tert-OH is 1. The predicted molar refractivity (Wildman–Crippen MR) is 142 cm³/mol. The number of rotatable bonds is 6. The number of thiazole rings is 1. The first-order valence-corrected chi connectivity index (χ1v) is 13.4. The number of nitrogens with zero attached hydrogens (tertiary/aromatic N) is 3. The van der Waals surface area contributed by atoms with E-state index in [0.29, 0.717) is 16.0 Å². The lowest BCUT2D eigenvalue weighted by molar-refractivity contribution is -0.142. The van der Waals surface area contributed by atoms with Gasteiger partial charge in [0.1, 0.15) is 15.7 Å². The van der Waals surface area contributed by atoms with Crippen LogP contribution in [0.4, 0.5) is 0 Å². The molecule has 35 heavy (non-hydrogen) atoms. The van der Waals surface area contributed by atoms with Crippen LogP contribution in [0.25, 0.3) is 10.4 Å². The minimum Gasteiger partial charge on any atom is -0.391 e. The molecule has 1 fully saturated rings. The van der Waals surface area contributed by atoms with Crippen molar-refractivity contribution in [2.24, 2.45) is 5.41 Å². The summed E-state index contributed by atoms with van der Waals surface area (Å²) in [6.07, 6.45) is -0.557. The Labute approximate surface area is 222 Å². The van der Waals surface area contributed by atoms with Crippen molar-refractivity contribution in [3.8, 4) is 10.4 Å². The molecule has 1 aromatic carbocycles. The zero-order chi connectivity index (χ0) is 25.3. The third-order valence-electron chi connectivity index (χ3n) is 6.19. The number of amides is 2. The minimum absolute atomic E-state index is 0.109. The van der Waals surface area contributed by atoms with Crippen molar-refractivity contribution in [3.05, 3.63) is 56.6 Å². The largest absolute Gasteiger partial charge is 0.391 e. The van der Waals surface area contributed by atoms with Gasteiger partial charge in [0.25, 0.3) is 0 Å². The van der Waals surface area contributed by atoms with Gasteiger partial charge in [-0.25, -0.2) is 4.98 Å². The van der Waals surface area contributed by atoms with Gasteiger partial charge in [-0.2, -0.15) is 0 Å². The Morgan fingerprint density at radius 1 is 1.31 bits per heavy atom. The van der Waals surface area contributed by atoms with Gasteiger partial charge in [-0.3, -0.25) is 9.59 Å². The number of halogens is 1. The van der Waals surface area contributed by atoms with Crippen molar-refractivity contribution in [2.75, 3.05) is 6.54 Å². The Morgan fingerprint density at radius 2 is 2.03 bits per heavy atom. The Balaban J connectivity index is 1.46. The van der Waals surface area contributed by atoms with Crippen molar-refractivity contribution in [3.63, 3.8) is 0 Å². The van der Waals surface area contributed by atoms with Crippen LogP contribution in [0.1, 0.15) is 50.1 Å². The van der Waals surface area contributed by atoms with Crippen LogP contribution in [0.15, 0.2) is 40.4 Å². The molecule has 1 aliphatic rings. The number of aryl methyl sites for hydroxylation is 1. The average Bonchev–Trinajstić information content (AvgIpc) is 3.51. The van der Waals surface area contributed by atoms with Crippen LogP contribution in [0, 0.1) is 16.0 Å². The molecular weight excluding hydrogens is 579 g/mol. The van der Waals surface area contributed by atoms with Gasteiger partial charge in [-0.1, -0.05) is 50.2 Å². The summed E-state index contributed by atoms with van der Waals surface area (Å²) in [5.41, 5.74) is 4.40. The molecule has 4 rings (SSSR count). The van der Waals surface area contributed by atoms with Crippen LogP contribution < -0.4 is 5.32 Å². The first-order chi connectivity index (χ1) is 16.5. The lowest BCUT2D eigenvalue weighted by atomic mass is 9.78. The third kappa shape index (κ3) is 5.75.